The number of likely N-dealkylation sites (tertiary alicyclic amines) is 1. The van der Waals surface area contributed by atoms with E-state index in [9.17, 15) is 4.79 Å². The number of hydrogen-bond acceptors (Lipinski definition) is 2. The summed E-state index contributed by atoms with van der Waals surface area (Å²) < 4.78 is 0. The lowest BCUT2D eigenvalue weighted by Crippen LogP contribution is -2.38. The zero-order chi connectivity index (χ0) is 18.6. The second-order valence-corrected chi connectivity index (χ2v) is 6.98. The zero-order valence-electron chi connectivity index (χ0n) is 16.2. The van der Waals surface area contributed by atoms with Crippen molar-refractivity contribution in [3.05, 3.63) is 34.9 Å². The lowest BCUT2D eigenvalue weighted by Gasteiger charge is -2.20. The maximum absolute atomic E-state index is 12.0. The minimum Gasteiger partial charge on any atom is -0.357 e. The Morgan fingerprint density at radius 3 is 2.81 bits per heavy atom. The van der Waals surface area contributed by atoms with E-state index in [-0.39, 0.29) is 24.0 Å². The van der Waals surface area contributed by atoms with Gasteiger partial charge in [0.25, 0.3) is 0 Å². The fraction of sp³-hybridized carbons (Fsp3) is 0.600. The van der Waals surface area contributed by atoms with Gasteiger partial charge >= 0.3 is 0 Å². The van der Waals surface area contributed by atoms with E-state index >= 15 is 0 Å². The number of carbonyl (C=O) groups excluding carboxylic acids is 1. The van der Waals surface area contributed by atoms with Crippen LogP contribution in [0.2, 0.25) is 5.02 Å². The van der Waals surface area contributed by atoms with Gasteiger partial charge in [0.15, 0.2) is 5.96 Å². The highest BCUT2D eigenvalue weighted by Gasteiger charge is 2.15. The van der Waals surface area contributed by atoms with E-state index in [4.69, 9.17) is 11.6 Å². The van der Waals surface area contributed by atoms with E-state index < -0.39 is 0 Å². The molecule has 1 heterocycles. The van der Waals surface area contributed by atoms with Gasteiger partial charge in [0, 0.05) is 44.2 Å². The van der Waals surface area contributed by atoms with Crippen LogP contribution in [-0.2, 0) is 11.2 Å². The molecule has 0 saturated carbocycles. The van der Waals surface area contributed by atoms with Gasteiger partial charge in [0.05, 0.1) is 0 Å². The second-order valence-electron chi connectivity index (χ2n) is 6.57. The van der Waals surface area contributed by atoms with Crippen LogP contribution in [-0.4, -0.2) is 49.5 Å². The van der Waals surface area contributed by atoms with Gasteiger partial charge in [-0.05, 0) is 44.2 Å². The first-order valence-corrected chi connectivity index (χ1v) is 10.1. The highest BCUT2D eigenvalue weighted by atomic mass is 127. The molecular weight excluding hydrogens is 475 g/mol. The standard InChI is InChI=1S/C20H31ClN4O.HI/c1-2-22-20(24-14-12-17-9-5-6-10-18(17)21)23-13-8-16-25-15-7-3-4-11-19(25)26;/h5-6,9-10H,2-4,7-8,11-16H2,1H3,(H2,22,23,24);1H. The average molecular weight is 507 g/mol. The Morgan fingerprint density at radius 2 is 2.04 bits per heavy atom. The molecule has 0 spiro atoms. The summed E-state index contributed by atoms with van der Waals surface area (Å²) in [6, 6.07) is 7.91. The molecular formula is C20H32ClIN4O. The highest BCUT2D eigenvalue weighted by Crippen LogP contribution is 2.14. The van der Waals surface area contributed by atoms with Crippen molar-refractivity contribution in [2.45, 2.75) is 45.4 Å². The molecule has 1 aliphatic heterocycles. The van der Waals surface area contributed by atoms with Crippen LogP contribution in [0.25, 0.3) is 0 Å². The van der Waals surface area contributed by atoms with E-state index in [0.717, 1.165) is 68.4 Å². The van der Waals surface area contributed by atoms with Crippen molar-refractivity contribution in [1.82, 2.24) is 15.5 Å². The second kappa shape index (κ2) is 14.0. The van der Waals surface area contributed by atoms with Crippen molar-refractivity contribution < 1.29 is 4.79 Å². The van der Waals surface area contributed by atoms with E-state index in [2.05, 4.69) is 22.5 Å². The van der Waals surface area contributed by atoms with Crippen LogP contribution in [0.1, 0.15) is 44.6 Å². The largest absolute Gasteiger partial charge is 0.357 e. The number of carbonyl (C=O) groups is 1. The molecule has 1 saturated heterocycles. The summed E-state index contributed by atoms with van der Waals surface area (Å²) in [5.74, 6) is 1.12. The maximum atomic E-state index is 12.0. The molecule has 0 aromatic heterocycles. The molecule has 152 valence electrons. The fourth-order valence-corrected chi connectivity index (χ4v) is 3.32. The maximum Gasteiger partial charge on any atom is 0.222 e. The summed E-state index contributed by atoms with van der Waals surface area (Å²) in [7, 11) is 0. The summed E-state index contributed by atoms with van der Waals surface area (Å²) in [4.78, 5) is 18.6. The molecule has 0 aliphatic carbocycles. The van der Waals surface area contributed by atoms with Gasteiger partial charge in [0.2, 0.25) is 5.91 Å². The third-order valence-corrected chi connectivity index (χ3v) is 4.89. The lowest BCUT2D eigenvalue weighted by atomic mass is 10.1. The lowest BCUT2D eigenvalue weighted by molar-refractivity contribution is -0.130. The van der Waals surface area contributed by atoms with Gasteiger partial charge in [0.1, 0.15) is 0 Å². The zero-order valence-corrected chi connectivity index (χ0v) is 19.3. The van der Waals surface area contributed by atoms with Gasteiger partial charge in [-0.15, -0.1) is 24.0 Å². The molecule has 0 atom stereocenters. The van der Waals surface area contributed by atoms with Crippen molar-refractivity contribution in [3.63, 3.8) is 0 Å². The molecule has 1 aromatic carbocycles. The van der Waals surface area contributed by atoms with Gasteiger partial charge in [-0.2, -0.15) is 0 Å². The molecule has 1 fully saturated rings. The SMILES string of the molecule is CCNC(=NCCCN1CCCCCC1=O)NCCc1ccccc1Cl.I. The van der Waals surface area contributed by atoms with Crippen molar-refractivity contribution in [1.29, 1.82) is 0 Å². The van der Waals surface area contributed by atoms with Crippen LogP contribution >= 0.6 is 35.6 Å². The van der Waals surface area contributed by atoms with Crippen molar-refractivity contribution in [3.8, 4) is 0 Å². The van der Waals surface area contributed by atoms with Gasteiger partial charge in [-0.1, -0.05) is 36.2 Å². The Balaban J connectivity index is 0.00000364. The van der Waals surface area contributed by atoms with Crippen molar-refractivity contribution in [2.75, 3.05) is 32.7 Å². The Morgan fingerprint density at radius 1 is 1.22 bits per heavy atom. The number of amides is 1. The molecule has 7 heteroatoms. The van der Waals surface area contributed by atoms with E-state index in [1.807, 2.05) is 29.2 Å². The third kappa shape index (κ3) is 9.14. The number of halogens is 2. The molecule has 1 amide bonds. The highest BCUT2D eigenvalue weighted by molar-refractivity contribution is 14.0. The first-order chi connectivity index (χ1) is 12.7. The Kier molecular flexibility index (Phi) is 12.5. The number of nitrogens with one attached hydrogen (secondary N) is 2. The Hall–Kier alpha value is -1.02. The number of rotatable bonds is 8. The van der Waals surface area contributed by atoms with Gasteiger partial charge in [-0.3, -0.25) is 9.79 Å². The first-order valence-electron chi connectivity index (χ1n) is 9.74. The average Bonchev–Trinajstić information content (AvgIpc) is 2.84. The molecule has 1 aliphatic rings. The van der Waals surface area contributed by atoms with Gasteiger partial charge in [-0.25, -0.2) is 0 Å². The van der Waals surface area contributed by atoms with Crippen LogP contribution in [0, 0.1) is 0 Å². The van der Waals surface area contributed by atoms with E-state index in [1.165, 1.54) is 6.42 Å². The van der Waals surface area contributed by atoms with Crippen molar-refractivity contribution in [2.24, 2.45) is 4.99 Å². The van der Waals surface area contributed by atoms with Gasteiger partial charge < -0.3 is 15.5 Å². The molecule has 0 bridgehead atoms. The predicted molar refractivity (Wildman–Crippen MR) is 124 cm³/mol. The predicted octanol–water partition coefficient (Wildman–Crippen LogP) is 3.85. The molecule has 1 aromatic rings. The van der Waals surface area contributed by atoms with Crippen LogP contribution < -0.4 is 10.6 Å². The van der Waals surface area contributed by atoms with E-state index in [0.29, 0.717) is 18.9 Å². The minimum atomic E-state index is 0. The summed E-state index contributed by atoms with van der Waals surface area (Å²) in [6.07, 6.45) is 5.78. The number of benzene rings is 1. The number of hydrogen-bond donors (Lipinski definition) is 2. The summed E-state index contributed by atoms with van der Waals surface area (Å²) >= 11 is 6.19. The van der Waals surface area contributed by atoms with Crippen LogP contribution in [0.15, 0.2) is 29.3 Å². The summed E-state index contributed by atoms with van der Waals surface area (Å²) in [5, 5.41) is 7.42. The molecule has 2 N–H and O–H groups in total. The third-order valence-electron chi connectivity index (χ3n) is 4.52. The van der Waals surface area contributed by atoms with E-state index in [1.54, 1.807) is 0 Å². The number of aliphatic imine (C=N–C) groups is 1. The molecule has 5 nitrogen and oxygen atoms in total. The smallest absolute Gasteiger partial charge is 0.222 e. The minimum absolute atomic E-state index is 0. The normalized spacial score (nSPS) is 15.1. The Labute approximate surface area is 185 Å². The quantitative estimate of drug-likeness (QED) is 0.244. The number of nitrogens with zero attached hydrogens (tertiary/aromatic N) is 2. The van der Waals surface area contributed by atoms with Crippen LogP contribution in [0.5, 0.6) is 0 Å². The molecule has 0 radical (unpaired) electrons. The van der Waals surface area contributed by atoms with Crippen LogP contribution in [0.4, 0.5) is 0 Å². The summed E-state index contributed by atoms with van der Waals surface area (Å²) in [5.41, 5.74) is 1.14. The first kappa shape index (κ1) is 24.0. The number of guanidine groups is 1. The Bertz CT molecular complexity index is 597. The van der Waals surface area contributed by atoms with Crippen LogP contribution in [0.3, 0.4) is 0 Å². The summed E-state index contributed by atoms with van der Waals surface area (Å²) in [6.45, 7) is 6.08. The van der Waals surface area contributed by atoms with Crippen molar-refractivity contribution >= 4 is 47.4 Å². The fourth-order valence-electron chi connectivity index (χ4n) is 3.09. The molecule has 27 heavy (non-hydrogen) atoms. The monoisotopic (exact) mass is 506 g/mol. The molecule has 0 unspecified atom stereocenters. The molecule has 2 rings (SSSR count). The topological polar surface area (TPSA) is 56.7 Å².